The third-order valence-corrected chi connectivity index (χ3v) is 6.26. The molecule has 0 saturated heterocycles. The quantitative estimate of drug-likeness (QED) is 0.186. The van der Waals surface area contributed by atoms with Crippen LogP contribution < -0.4 is 5.43 Å². The molecule has 0 unspecified atom stereocenters. The summed E-state index contributed by atoms with van der Waals surface area (Å²) in [6, 6.07) is 30.5. The van der Waals surface area contributed by atoms with Crippen LogP contribution in [0.15, 0.2) is 107 Å². The zero-order chi connectivity index (χ0) is 25.1. The molecule has 36 heavy (non-hydrogen) atoms. The van der Waals surface area contributed by atoms with Crippen molar-refractivity contribution in [1.29, 1.82) is 0 Å². The number of halogens is 2. The molecule has 0 fully saturated rings. The number of rotatable bonds is 6. The summed E-state index contributed by atoms with van der Waals surface area (Å²) in [6.45, 7) is 2.06. The third kappa shape index (κ3) is 4.98. The molecule has 5 nitrogen and oxygen atoms in total. The van der Waals surface area contributed by atoms with E-state index in [1.807, 2.05) is 30.3 Å². The molecule has 3 aromatic carbocycles. The van der Waals surface area contributed by atoms with Gasteiger partial charge < -0.3 is 8.98 Å². The molecule has 0 aliphatic carbocycles. The molecule has 178 valence electrons. The van der Waals surface area contributed by atoms with E-state index in [0.29, 0.717) is 27.1 Å². The van der Waals surface area contributed by atoms with Crippen LogP contribution in [0.4, 0.5) is 0 Å². The van der Waals surface area contributed by atoms with E-state index in [0.717, 1.165) is 28.2 Å². The Balaban J connectivity index is 1.27. The van der Waals surface area contributed by atoms with Crippen LogP contribution in [0.3, 0.4) is 0 Å². The first-order valence-corrected chi connectivity index (χ1v) is 12.0. The molecule has 0 spiro atoms. The van der Waals surface area contributed by atoms with Gasteiger partial charge in [-0.3, -0.25) is 4.79 Å². The first kappa shape index (κ1) is 23.7. The molecule has 0 aliphatic heterocycles. The lowest BCUT2D eigenvalue weighted by Gasteiger charge is -2.12. The molecule has 0 aliphatic rings. The van der Waals surface area contributed by atoms with Gasteiger partial charge in [-0.1, -0.05) is 53.5 Å². The van der Waals surface area contributed by atoms with Crippen LogP contribution >= 0.6 is 23.2 Å². The van der Waals surface area contributed by atoms with E-state index in [1.54, 1.807) is 42.5 Å². The van der Waals surface area contributed by atoms with E-state index < -0.39 is 0 Å². The highest BCUT2D eigenvalue weighted by molar-refractivity contribution is 6.36. The van der Waals surface area contributed by atoms with Crippen LogP contribution in [0, 0.1) is 6.92 Å². The topological polar surface area (TPSA) is 59.5 Å². The average Bonchev–Trinajstić information content (AvgIpc) is 3.51. The Morgan fingerprint density at radius 1 is 0.917 bits per heavy atom. The second kappa shape index (κ2) is 10.3. The Bertz CT molecular complexity index is 1550. The van der Waals surface area contributed by atoms with E-state index >= 15 is 0 Å². The van der Waals surface area contributed by atoms with E-state index in [1.165, 1.54) is 6.21 Å². The zero-order valence-electron chi connectivity index (χ0n) is 19.3. The minimum atomic E-state index is -0.321. The number of carbonyl (C=O) groups excluding carboxylic acids is 1. The predicted molar refractivity (Wildman–Crippen MR) is 145 cm³/mol. The molecule has 7 heteroatoms. The van der Waals surface area contributed by atoms with Gasteiger partial charge in [-0.25, -0.2) is 5.43 Å². The van der Waals surface area contributed by atoms with E-state index in [-0.39, 0.29) is 5.91 Å². The van der Waals surface area contributed by atoms with E-state index in [9.17, 15) is 4.79 Å². The number of hydrogen-bond donors (Lipinski definition) is 1. The minimum absolute atomic E-state index is 0.321. The maximum atomic E-state index is 12.6. The van der Waals surface area contributed by atoms with Crippen molar-refractivity contribution >= 4 is 35.3 Å². The molecule has 0 saturated carbocycles. The zero-order valence-corrected chi connectivity index (χ0v) is 20.8. The number of benzene rings is 3. The third-order valence-electron chi connectivity index (χ3n) is 5.71. The van der Waals surface area contributed by atoms with Gasteiger partial charge in [0.15, 0.2) is 0 Å². The van der Waals surface area contributed by atoms with Crippen LogP contribution in [0.25, 0.3) is 28.3 Å². The SMILES string of the molecule is Cc1ccc(-c2ccccc2)n1-c1ccc(C(=O)N/N=C\c2ccc(-c3ccc(Cl)cc3Cl)o2)cc1. The monoisotopic (exact) mass is 513 g/mol. The van der Waals surface area contributed by atoms with Gasteiger partial charge in [-0.2, -0.15) is 5.10 Å². The average molecular weight is 514 g/mol. The molecule has 5 rings (SSSR count). The summed E-state index contributed by atoms with van der Waals surface area (Å²) < 4.78 is 7.93. The van der Waals surface area contributed by atoms with Crippen molar-refractivity contribution in [2.75, 3.05) is 0 Å². The number of hydrogen-bond acceptors (Lipinski definition) is 3. The first-order chi connectivity index (χ1) is 17.5. The number of furan rings is 1. The van der Waals surface area contributed by atoms with Gasteiger partial charge in [0.05, 0.1) is 16.9 Å². The summed E-state index contributed by atoms with van der Waals surface area (Å²) >= 11 is 12.2. The Labute approximate surface area is 218 Å². The van der Waals surface area contributed by atoms with Gasteiger partial charge in [-0.05, 0) is 79.2 Å². The summed E-state index contributed by atoms with van der Waals surface area (Å²) in [7, 11) is 0. The van der Waals surface area contributed by atoms with E-state index in [2.05, 4.69) is 46.3 Å². The lowest BCUT2D eigenvalue weighted by Crippen LogP contribution is -2.17. The standard InChI is InChI=1S/C29H21Cl2N3O2/c1-19-7-15-27(20-5-3-2-4-6-20)34(19)23-11-8-21(9-12-23)29(35)33-32-18-24-13-16-28(36-24)25-14-10-22(30)17-26(25)31/h2-18H,1H3,(H,33,35)/b32-18-. The Hall–Kier alpha value is -4.06. The van der Waals surface area contributed by atoms with Gasteiger partial charge in [0.1, 0.15) is 11.5 Å². The summed E-state index contributed by atoms with van der Waals surface area (Å²) in [5.74, 6) is 0.733. The van der Waals surface area contributed by atoms with Crippen LogP contribution in [0.2, 0.25) is 10.0 Å². The van der Waals surface area contributed by atoms with Gasteiger partial charge in [0.25, 0.3) is 5.91 Å². The summed E-state index contributed by atoms with van der Waals surface area (Å²) in [5.41, 5.74) is 8.05. The Morgan fingerprint density at radius 2 is 1.69 bits per heavy atom. The first-order valence-electron chi connectivity index (χ1n) is 11.2. The smallest absolute Gasteiger partial charge is 0.271 e. The van der Waals surface area contributed by atoms with Crippen molar-refractivity contribution in [2.24, 2.45) is 5.10 Å². The molecule has 2 aromatic heterocycles. The van der Waals surface area contributed by atoms with Gasteiger partial charge in [0.2, 0.25) is 0 Å². The van der Waals surface area contributed by atoms with Crippen molar-refractivity contribution in [2.45, 2.75) is 6.92 Å². The number of nitrogens with zero attached hydrogens (tertiary/aromatic N) is 2. The molecule has 0 atom stereocenters. The molecule has 0 radical (unpaired) electrons. The van der Waals surface area contributed by atoms with Crippen molar-refractivity contribution in [3.05, 3.63) is 124 Å². The molecule has 2 heterocycles. The summed E-state index contributed by atoms with van der Waals surface area (Å²) in [5, 5.41) is 5.06. The number of amides is 1. The fraction of sp³-hybridized carbons (Fsp3) is 0.0345. The molecular weight excluding hydrogens is 493 g/mol. The fourth-order valence-electron chi connectivity index (χ4n) is 3.95. The molecule has 1 amide bonds. The number of aromatic nitrogens is 1. The molecular formula is C29H21Cl2N3O2. The number of carbonyl (C=O) groups is 1. The fourth-order valence-corrected chi connectivity index (χ4v) is 4.45. The minimum Gasteiger partial charge on any atom is -0.455 e. The second-order valence-electron chi connectivity index (χ2n) is 8.13. The van der Waals surface area contributed by atoms with Gasteiger partial charge >= 0.3 is 0 Å². The van der Waals surface area contributed by atoms with Crippen LogP contribution in [-0.4, -0.2) is 16.7 Å². The lowest BCUT2D eigenvalue weighted by atomic mass is 10.1. The maximum Gasteiger partial charge on any atom is 0.271 e. The second-order valence-corrected chi connectivity index (χ2v) is 8.98. The molecule has 0 bridgehead atoms. The number of nitrogens with one attached hydrogen (secondary N) is 1. The van der Waals surface area contributed by atoms with Crippen molar-refractivity contribution in [1.82, 2.24) is 9.99 Å². The van der Waals surface area contributed by atoms with Crippen LogP contribution in [0.5, 0.6) is 0 Å². The van der Waals surface area contributed by atoms with Crippen molar-refractivity contribution in [3.8, 4) is 28.3 Å². The normalized spacial score (nSPS) is 11.2. The van der Waals surface area contributed by atoms with Gasteiger partial charge in [-0.15, -0.1) is 0 Å². The highest BCUT2D eigenvalue weighted by atomic mass is 35.5. The highest BCUT2D eigenvalue weighted by Crippen LogP contribution is 2.31. The molecule has 5 aromatic rings. The van der Waals surface area contributed by atoms with Crippen LogP contribution in [-0.2, 0) is 0 Å². The summed E-state index contributed by atoms with van der Waals surface area (Å²) in [6.07, 6.45) is 1.44. The highest BCUT2D eigenvalue weighted by Gasteiger charge is 2.11. The Kier molecular flexibility index (Phi) is 6.76. The summed E-state index contributed by atoms with van der Waals surface area (Å²) in [4.78, 5) is 12.6. The number of aryl methyl sites for hydroxylation is 1. The predicted octanol–water partition coefficient (Wildman–Crippen LogP) is 7.78. The number of hydrazone groups is 1. The molecule has 1 N–H and O–H groups in total. The maximum absolute atomic E-state index is 12.6. The largest absolute Gasteiger partial charge is 0.455 e. The van der Waals surface area contributed by atoms with Crippen molar-refractivity contribution < 1.29 is 9.21 Å². The van der Waals surface area contributed by atoms with Crippen LogP contribution in [0.1, 0.15) is 21.8 Å². The van der Waals surface area contributed by atoms with Crippen molar-refractivity contribution in [3.63, 3.8) is 0 Å². The van der Waals surface area contributed by atoms with Gasteiger partial charge in [0, 0.05) is 27.5 Å². The lowest BCUT2D eigenvalue weighted by molar-refractivity contribution is 0.0955. The Morgan fingerprint density at radius 3 is 2.44 bits per heavy atom. The van der Waals surface area contributed by atoms with E-state index in [4.69, 9.17) is 27.6 Å².